The Bertz CT molecular complexity index is 414. The van der Waals surface area contributed by atoms with Crippen LogP contribution in [0.15, 0.2) is 54.8 Å². The highest BCUT2D eigenvalue weighted by Crippen LogP contribution is 2.32. The van der Waals surface area contributed by atoms with E-state index < -0.39 is 0 Å². The summed E-state index contributed by atoms with van der Waals surface area (Å²) in [4.78, 5) is 0. The first-order valence-electron chi connectivity index (χ1n) is 4.85. The number of rotatable bonds is 2. The van der Waals surface area contributed by atoms with Crippen molar-refractivity contribution in [3.8, 4) is 6.07 Å². The third-order valence-corrected chi connectivity index (χ3v) is 2.40. The van der Waals surface area contributed by atoms with E-state index in [0.717, 1.165) is 5.56 Å². The van der Waals surface area contributed by atoms with Crippen LogP contribution in [-0.4, -0.2) is 0 Å². The zero-order valence-electron chi connectivity index (χ0n) is 8.21. The van der Waals surface area contributed by atoms with E-state index in [9.17, 15) is 0 Å². The van der Waals surface area contributed by atoms with Gasteiger partial charge >= 0.3 is 0 Å². The number of hydrogen-bond acceptors (Lipinski definition) is 2. The van der Waals surface area contributed by atoms with Crippen LogP contribution in [0.4, 0.5) is 0 Å². The van der Waals surface area contributed by atoms with E-state index in [0.29, 0.717) is 0 Å². The molecule has 15 heavy (non-hydrogen) atoms. The Morgan fingerprint density at radius 3 is 2.80 bits per heavy atom. The van der Waals surface area contributed by atoms with Crippen LogP contribution >= 0.6 is 0 Å². The van der Waals surface area contributed by atoms with Crippen molar-refractivity contribution in [2.75, 3.05) is 0 Å². The summed E-state index contributed by atoms with van der Waals surface area (Å²) in [7, 11) is 0. The highest BCUT2D eigenvalue weighted by molar-refractivity contribution is 5.24. The summed E-state index contributed by atoms with van der Waals surface area (Å²) in [6.45, 7) is 0. The Labute approximate surface area is 89.1 Å². The van der Waals surface area contributed by atoms with Gasteiger partial charge in [-0.25, -0.2) is 0 Å². The molecule has 2 nitrogen and oxygen atoms in total. The molecule has 1 aliphatic heterocycles. The van der Waals surface area contributed by atoms with Crippen molar-refractivity contribution in [2.24, 2.45) is 5.92 Å². The van der Waals surface area contributed by atoms with Gasteiger partial charge in [-0.3, -0.25) is 0 Å². The van der Waals surface area contributed by atoms with Crippen molar-refractivity contribution >= 4 is 0 Å². The number of nitrogens with zero attached hydrogens (tertiary/aromatic N) is 1. The van der Waals surface area contributed by atoms with Gasteiger partial charge in [0.05, 0.1) is 12.3 Å². The van der Waals surface area contributed by atoms with Gasteiger partial charge in [-0.05, 0) is 11.6 Å². The van der Waals surface area contributed by atoms with Gasteiger partial charge < -0.3 is 4.74 Å². The highest BCUT2D eigenvalue weighted by Gasteiger charge is 2.23. The molecule has 0 spiro atoms. The highest BCUT2D eigenvalue weighted by atomic mass is 16.5. The Hall–Kier alpha value is -2.01. The summed E-state index contributed by atoms with van der Waals surface area (Å²) >= 11 is 0. The largest absolute Gasteiger partial charge is 0.493 e. The smallest absolute Gasteiger partial charge is 0.133 e. The minimum Gasteiger partial charge on any atom is -0.493 e. The lowest BCUT2D eigenvalue weighted by Gasteiger charge is -2.15. The van der Waals surface area contributed by atoms with Crippen LogP contribution in [0, 0.1) is 17.2 Å². The van der Waals surface area contributed by atoms with Crippen molar-refractivity contribution in [2.45, 2.75) is 6.10 Å². The predicted octanol–water partition coefficient (Wildman–Crippen LogP) is 2.97. The minimum absolute atomic E-state index is 0.01000. The number of hydrogen-bond donors (Lipinski definition) is 0. The van der Waals surface area contributed by atoms with Crippen LogP contribution in [0.5, 0.6) is 0 Å². The van der Waals surface area contributed by atoms with E-state index in [-0.39, 0.29) is 12.0 Å². The molecule has 2 heteroatoms. The molecule has 0 amide bonds. The molecule has 0 aliphatic carbocycles. The lowest BCUT2D eigenvalue weighted by Crippen LogP contribution is -2.05. The maximum atomic E-state index is 8.48. The van der Waals surface area contributed by atoms with Gasteiger partial charge in [-0.1, -0.05) is 36.4 Å². The van der Waals surface area contributed by atoms with E-state index in [4.69, 9.17) is 10.00 Å². The molecule has 1 aromatic carbocycles. The van der Waals surface area contributed by atoms with Gasteiger partial charge in [-0.2, -0.15) is 5.26 Å². The van der Waals surface area contributed by atoms with Crippen LogP contribution in [-0.2, 0) is 4.74 Å². The summed E-state index contributed by atoms with van der Waals surface area (Å²) in [6.07, 6.45) is 7.03. The van der Waals surface area contributed by atoms with Gasteiger partial charge in [-0.15, -0.1) is 0 Å². The average molecular weight is 197 g/mol. The fourth-order valence-corrected chi connectivity index (χ4v) is 1.68. The summed E-state index contributed by atoms with van der Waals surface area (Å²) < 4.78 is 5.51. The van der Waals surface area contributed by atoms with Crippen molar-refractivity contribution in [3.63, 3.8) is 0 Å². The summed E-state index contributed by atoms with van der Waals surface area (Å²) in [5.74, 6) is 0.159. The quantitative estimate of drug-likeness (QED) is 0.683. The molecule has 1 heterocycles. The van der Waals surface area contributed by atoms with Crippen LogP contribution in [0.2, 0.25) is 0 Å². The van der Waals surface area contributed by atoms with E-state index in [1.807, 2.05) is 48.6 Å². The van der Waals surface area contributed by atoms with E-state index in [1.54, 1.807) is 6.26 Å². The van der Waals surface area contributed by atoms with Gasteiger partial charge in [0, 0.05) is 12.0 Å². The second-order valence-electron chi connectivity index (χ2n) is 3.36. The first-order valence-corrected chi connectivity index (χ1v) is 4.85. The summed E-state index contributed by atoms with van der Waals surface area (Å²) in [5, 5.41) is 8.48. The van der Waals surface area contributed by atoms with E-state index >= 15 is 0 Å². The molecule has 0 bridgehead atoms. The molecular weight excluding hydrogens is 186 g/mol. The first kappa shape index (κ1) is 9.54. The SMILES string of the molecule is N#C/C=C\[C@H]1C=CO[C@@H]1c1ccccc1. The van der Waals surface area contributed by atoms with Gasteiger partial charge in [0.25, 0.3) is 0 Å². The molecule has 1 aromatic rings. The van der Waals surface area contributed by atoms with Crippen LogP contribution in [0.3, 0.4) is 0 Å². The normalized spacial score (nSPS) is 23.9. The molecule has 0 aromatic heterocycles. The number of allylic oxidation sites excluding steroid dienone is 1. The fraction of sp³-hybridized carbons (Fsp3) is 0.154. The number of nitriles is 1. The summed E-state index contributed by atoms with van der Waals surface area (Å²) in [5.41, 5.74) is 1.13. The third-order valence-electron chi connectivity index (χ3n) is 2.40. The molecule has 0 saturated carbocycles. The molecular formula is C13H11NO. The predicted molar refractivity (Wildman–Crippen MR) is 57.7 cm³/mol. The molecule has 0 unspecified atom stereocenters. The van der Waals surface area contributed by atoms with Crippen molar-refractivity contribution < 1.29 is 4.74 Å². The van der Waals surface area contributed by atoms with Crippen LogP contribution < -0.4 is 0 Å². The standard InChI is InChI=1S/C13H11NO/c14-9-4-7-12-8-10-15-13(12)11-5-2-1-3-6-11/h1-8,10,12-13H/b7-4-/t12-,13+/m0/s1. The van der Waals surface area contributed by atoms with Crippen LogP contribution in [0.1, 0.15) is 11.7 Å². The topological polar surface area (TPSA) is 33.0 Å². The Kier molecular flexibility index (Phi) is 2.85. The molecule has 0 saturated heterocycles. The van der Waals surface area contributed by atoms with E-state index in [2.05, 4.69) is 0 Å². The second kappa shape index (κ2) is 4.47. The molecule has 2 atom stereocenters. The monoisotopic (exact) mass is 197 g/mol. The molecule has 0 radical (unpaired) electrons. The lowest BCUT2D eigenvalue weighted by molar-refractivity contribution is 0.151. The molecule has 74 valence electrons. The zero-order valence-corrected chi connectivity index (χ0v) is 8.21. The minimum atomic E-state index is 0.01000. The molecule has 0 N–H and O–H groups in total. The molecule has 2 rings (SSSR count). The van der Waals surface area contributed by atoms with Gasteiger partial charge in [0.15, 0.2) is 0 Å². The molecule has 1 aliphatic rings. The van der Waals surface area contributed by atoms with Crippen molar-refractivity contribution in [1.82, 2.24) is 0 Å². The third kappa shape index (κ3) is 2.08. The van der Waals surface area contributed by atoms with Crippen LogP contribution in [0.25, 0.3) is 0 Å². The first-order chi connectivity index (χ1) is 7.42. The fourth-order valence-electron chi connectivity index (χ4n) is 1.68. The average Bonchev–Trinajstić information content (AvgIpc) is 2.75. The summed E-state index contributed by atoms with van der Waals surface area (Å²) in [6, 6.07) is 12.0. The van der Waals surface area contributed by atoms with Gasteiger partial charge in [0.2, 0.25) is 0 Å². The Morgan fingerprint density at radius 2 is 2.07 bits per heavy atom. The maximum Gasteiger partial charge on any atom is 0.133 e. The Balaban J connectivity index is 2.18. The maximum absolute atomic E-state index is 8.48. The van der Waals surface area contributed by atoms with Crippen molar-refractivity contribution in [1.29, 1.82) is 5.26 Å². The van der Waals surface area contributed by atoms with Crippen molar-refractivity contribution in [3.05, 3.63) is 60.4 Å². The second-order valence-corrected chi connectivity index (χ2v) is 3.36. The van der Waals surface area contributed by atoms with E-state index in [1.165, 1.54) is 6.08 Å². The number of ether oxygens (including phenoxy) is 1. The number of benzene rings is 1. The Morgan fingerprint density at radius 1 is 1.27 bits per heavy atom. The molecule has 0 fully saturated rings. The van der Waals surface area contributed by atoms with Gasteiger partial charge in [0.1, 0.15) is 6.10 Å². The lowest BCUT2D eigenvalue weighted by atomic mass is 9.97. The zero-order chi connectivity index (χ0) is 10.5.